The number of nitrogens with one attached hydrogen (secondary N) is 1. The molecular weight excluding hydrogens is 424 g/mol. The number of carbonyl (C=O) groups excluding carboxylic acids is 1. The van der Waals surface area contributed by atoms with Gasteiger partial charge in [0.15, 0.2) is 0 Å². The maximum absolute atomic E-state index is 13.0. The van der Waals surface area contributed by atoms with E-state index < -0.39 is 10.0 Å². The summed E-state index contributed by atoms with van der Waals surface area (Å²) in [5.74, 6) is -0.133. The Hall–Kier alpha value is -1.78. The second-order valence-corrected chi connectivity index (χ2v) is 11.0. The molecule has 3 heterocycles. The Morgan fingerprint density at radius 3 is 2.47 bits per heavy atom. The molecule has 0 unspecified atom stereocenters. The highest BCUT2D eigenvalue weighted by Crippen LogP contribution is 2.33. The van der Waals surface area contributed by atoms with Crippen molar-refractivity contribution in [2.45, 2.75) is 75.6 Å². The summed E-state index contributed by atoms with van der Waals surface area (Å²) in [6.07, 6.45) is 9.37. The summed E-state index contributed by atoms with van der Waals surface area (Å²) in [5.41, 5.74) is 0. The van der Waals surface area contributed by atoms with E-state index in [0.717, 1.165) is 51.4 Å². The Morgan fingerprint density at radius 2 is 1.77 bits per heavy atom. The second kappa shape index (κ2) is 9.15. The van der Waals surface area contributed by atoms with Crippen molar-refractivity contribution in [1.29, 1.82) is 0 Å². The first-order valence-electron chi connectivity index (χ1n) is 10.7. The summed E-state index contributed by atoms with van der Waals surface area (Å²) in [6, 6.07) is 1.55. The number of thiophene rings is 1. The zero-order valence-electron chi connectivity index (χ0n) is 17.2. The van der Waals surface area contributed by atoms with E-state index in [-0.39, 0.29) is 28.6 Å². The van der Waals surface area contributed by atoms with Crippen molar-refractivity contribution in [3.8, 4) is 10.8 Å². The van der Waals surface area contributed by atoms with Crippen LogP contribution in [0, 0.1) is 6.92 Å². The molecule has 0 atom stereocenters. The fraction of sp³-hybridized carbons (Fsp3) is 0.650. The van der Waals surface area contributed by atoms with Crippen LogP contribution < -0.4 is 4.72 Å². The van der Waals surface area contributed by atoms with Crippen LogP contribution in [0.2, 0.25) is 0 Å². The lowest BCUT2D eigenvalue weighted by Crippen LogP contribution is -2.35. The van der Waals surface area contributed by atoms with Crippen LogP contribution in [0.15, 0.2) is 15.4 Å². The fourth-order valence-corrected chi connectivity index (χ4v) is 6.98. The van der Waals surface area contributed by atoms with Gasteiger partial charge in [-0.05, 0) is 38.7 Å². The molecule has 0 bridgehead atoms. The van der Waals surface area contributed by atoms with Crippen LogP contribution in [0.1, 0.15) is 73.3 Å². The topological polar surface area (TPSA) is 105 Å². The Labute approximate surface area is 181 Å². The highest BCUT2D eigenvalue weighted by atomic mass is 32.2. The van der Waals surface area contributed by atoms with Crippen LogP contribution in [0.4, 0.5) is 0 Å². The minimum Gasteiger partial charge on any atom is -0.411 e. The van der Waals surface area contributed by atoms with Gasteiger partial charge in [-0.25, -0.2) is 13.1 Å². The molecule has 1 saturated heterocycles. The van der Waals surface area contributed by atoms with E-state index in [1.165, 1.54) is 17.8 Å². The van der Waals surface area contributed by atoms with Crippen LogP contribution >= 0.6 is 11.3 Å². The van der Waals surface area contributed by atoms with E-state index in [2.05, 4.69) is 14.9 Å². The summed E-state index contributed by atoms with van der Waals surface area (Å²) in [6.45, 7) is 3.17. The highest BCUT2D eigenvalue weighted by molar-refractivity contribution is 7.89. The molecule has 164 valence electrons. The lowest BCUT2D eigenvalue weighted by atomic mass is 9.97. The van der Waals surface area contributed by atoms with E-state index in [9.17, 15) is 13.2 Å². The van der Waals surface area contributed by atoms with Gasteiger partial charge >= 0.3 is 11.8 Å². The molecule has 1 saturated carbocycles. The first-order chi connectivity index (χ1) is 14.4. The highest BCUT2D eigenvalue weighted by Gasteiger charge is 2.28. The maximum Gasteiger partial charge on any atom is 0.311 e. The Morgan fingerprint density at radius 1 is 1.10 bits per heavy atom. The molecule has 10 heteroatoms. The summed E-state index contributed by atoms with van der Waals surface area (Å²) in [7, 11) is -3.63. The van der Waals surface area contributed by atoms with Crippen molar-refractivity contribution in [2.24, 2.45) is 0 Å². The van der Waals surface area contributed by atoms with Crippen LogP contribution in [0.25, 0.3) is 10.8 Å². The number of nitrogens with zero attached hydrogens (tertiary/aromatic N) is 3. The molecule has 2 aliphatic rings. The number of hydrogen-bond donors (Lipinski definition) is 1. The molecule has 1 aliphatic carbocycles. The number of carbonyl (C=O) groups is 1. The summed E-state index contributed by atoms with van der Waals surface area (Å²) in [5, 5.41) is 7.87. The Bertz CT molecular complexity index is 984. The number of rotatable bonds is 5. The monoisotopic (exact) mass is 452 g/mol. The van der Waals surface area contributed by atoms with Gasteiger partial charge in [-0.3, -0.25) is 4.79 Å². The fourth-order valence-electron chi connectivity index (χ4n) is 4.16. The van der Waals surface area contributed by atoms with Crippen LogP contribution in [0.3, 0.4) is 0 Å². The molecule has 0 radical (unpaired) electrons. The predicted octanol–water partition coefficient (Wildman–Crippen LogP) is 3.73. The number of aromatic nitrogens is 2. The second-order valence-electron chi connectivity index (χ2n) is 8.11. The van der Waals surface area contributed by atoms with E-state index in [0.29, 0.717) is 22.8 Å². The smallest absolute Gasteiger partial charge is 0.311 e. The first kappa shape index (κ1) is 21.5. The largest absolute Gasteiger partial charge is 0.411 e. The first-order valence-corrected chi connectivity index (χ1v) is 13.0. The van der Waals surface area contributed by atoms with Gasteiger partial charge in [-0.2, -0.15) is 0 Å². The molecule has 8 nitrogen and oxygen atoms in total. The SMILES string of the molecule is Cc1sc(-c2nnc(C(=O)N3CCCC3)o2)cc1S(=O)(=O)NC1CCCCCCC1. The zero-order valence-corrected chi connectivity index (χ0v) is 18.9. The van der Waals surface area contributed by atoms with E-state index in [1.807, 2.05) is 0 Å². The predicted molar refractivity (Wildman–Crippen MR) is 114 cm³/mol. The van der Waals surface area contributed by atoms with E-state index in [1.54, 1.807) is 17.9 Å². The minimum absolute atomic E-state index is 0.0221. The molecule has 4 rings (SSSR count). The molecule has 1 aliphatic heterocycles. The van der Waals surface area contributed by atoms with Crippen molar-refractivity contribution < 1.29 is 17.6 Å². The minimum atomic E-state index is -3.63. The maximum atomic E-state index is 13.0. The molecule has 2 aromatic rings. The molecular formula is C20H28N4O4S2. The van der Waals surface area contributed by atoms with Crippen molar-refractivity contribution in [3.05, 3.63) is 16.8 Å². The number of aryl methyl sites for hydroxylation is 1. The number of amides is 1. The summed E-state index contributed by atoms with van der Waals surface area (Å²) >= 11 is 1.28. The molecule has 1 amide bonds. The van der Waals surface area contributed by atoms with Gasteiger partial charge in [0.05, 0.1) is 9.77 Å². The quantitative estimate of drug-likeness (QED) is 0.741. The molecule has 0 aromatic carbocycles. The standard InChI is InChI=1S/C20H28N4O4S2/c1-14-17(30(26,27)23-15-9-5-3-2-4-6-10-15)13-16(29-14)18-21-22-19(28-18)20(25)24-11-7-8-12-24/h13,15,23H,2-12H2,1H3. The lowest BCUT2D eigenvalue weighted by Gasteiger charge is -2.20. The van der Waals surface area contributed by atoms with Crippen molar-refractivity contribution in [2.75, 3.05) is 13.1 Å². The molecule has 0 spiro atoms. The zero-order chi connectivity index (χ0) is 21.1. The third-order valence-electron chi connectivity index (χ3n) is 5.80. The third kappa shape index (κ3) is 4.76. The molecule has 1 N–H and O–H groups in total. The number of likely N-dealkylation sites (tertiary alicyclic amines) is 1. The summed E-state index contributed by atoms with van der Waals surface area (Å²) < 4.78 is 34.5. The Balaban J connectivity index is 1.50. The summed E-state index contributed by atoms with van der Waals surface area (Å²) in [4.78, 5) is 15.6. The van der Waals surface area contributed by atoms with E-state index in [4.69, 9.17) is 4.42 Å². The third-order valence-corrected chi connectivity index (χ3v) is 8.62. The van der Waals surface area contributed by atoms with Gasteiger partial charge in [0.1, 0.15) is 0 Å². The molecule has 2 aromatic heterocycles. The average Bonchev–Trinajstić information content (AvgIpc) is 3.43. The number of sulfonamides is 1. The molecule has 30 heavy (non-hydrogen) atoms. The van der Waals surface area contributed by atoms with Crippen molar-refractivity contribution >= 4 is 27.3 Å². The normalized spacial score (nSPS) is 19.0. The van der Waals surface area contributed by atoms with Gasteiger partial charge in [0.25, 0.3) is 5.89 Å². The van der Waals surface area contributed by atoms with Gasteiger partial charge in [0, 0.05) is 24.0 Å². The van der Waals surface area contributed by atoms with Gasteiger partial charge in [-0.15, -0.1) is 21.5 Å². The van der Waals surface area contributed by atoms with Crippen molar-refractivity contribution in [3.63, 3.8) is 0 Å². The van der Waals surface area contributed by atoms with E-state index >= 15 is 0 Å². The van der Waals surface area contributed by atoms with Gasteiger partial charge in [0.2, 0.25) is 10.0 Å². The number of hydrogen-bond acceptors (Lipinski definition) is 7. The van der Waals surface area contributed by atoms with Gasteiger partial charge in [-0.1, -0.05) is 32.1 Å². The lowest BCUT2D eigenvalue weighted by molar-refractivity contribution is 0.0754. The van der Waals surface area contributed by atoms with Crippen LogP contribution in [-0.4, -0.2) is 48.6 Å². The Kier molecular flexibility index (Phi) is 6.54. The average molecular weight is 453 g/mol. The van der Waals surface area contributed by atoms with Crippen LogP contribution in [-0.2, 0) is 10.0 Å². The molecule has 2 fully saturated rings. The van der Waals surface area contributed by atoms with Gasteiger partial charge < -0.3 is 9.32 Å². The van der Waals surface area contributed by atoms with Crippen molar-refractivity contribution in [1.82, 2.24) is 19.8 Å². The van der Waals surface area contributed by atoms with Crippen LogP contribution in [0.5, 0.6) is 0 Å².